The summed E-state index contributed by atoms with van der Waals surface area (Å²) in [6.45, 7) is 6.19. The fourth-order valence-corrected chi connectivity index (χ4v) is 1.31. The quantitative estimate of drug-likeness (QED) is 0.741. The van der Waals surface area contributed by atoms with Crippen molar-refractivity contribution in [3.8, 4) is 5.75 Å². The monoisotopic (exact) mass is 237 g/mol. The van der Waals surface area contributed by atoms with Crippen LogP contribution in [0.5, 0.6) is 5.75 Å². The molecule has 0 saturated carbocycles. The van der Waals surface area contributed by atoms with E-state index in [9.17, 15) is 4.79 Å². The summed E-state index contributed by atoms with van der Waals surface area (Å²) in [4.78, 5) is 10.8. The van der Waals surface area contributed by atoms with Crippen molar-refractivity contribution in [3.05, 3.63) is 29.8 Å². The summed E-state index contributed by atoms with van der Waals surface area (Å²) in [5.74, 6) is -0.0620. The van der Waals surface area contributed by atoms with E-state index in [4.69, 9.17) is 9.84 Å². The molecule has 4 heteroatoms. The standard InChI is InChI=1S/C13H19NO3/c1-10-5-4-6-11(9-10)17-8-7-14-13(2,3)12(15)16/h4-6,9,14H,7-8H2,1-3H3,(H,15,16). The summed E-state index contributed by atoms with van der Waals surface area (Å²) < 4.78 is 5.51. The number of hydrogen-bond acceptors (Lipinski definition) is 3. The van der Waals surface area contributed by atoms with E-state index < -0.39 is 11.5 Å². The van der Waals surface area contributed by atoms with Gasteiger partial charge in [0.05, 0.1) is 0 Å². The number of benzene rings is 1. The van der Waals surface area contributed by atoms with Crippen molar-refractivity contribution in [3.63, 3.8) is 0 Å². The maximum Gasteiger partial charge on any atom is 0.323 e. The number of ether oxygens (including phenoxy) is 1. The van der Waals surface area contributed by atoms with Crippen LogP contribution in [-0.4, -0.2) is 29.8 Å². The molecule has 94 valence electrons. The summed E-state index contributed by atoms with van der Waals surface area (Å²) in [6.07, 6.45) is 0. The molecule has 0 amide bonds. The number of rotatable bonds is 6. The van der Waals surface area contributed by atoms with E-state index in [-0.39, 0.29) is 0 Å². The first-order valence-corrected chi connectivity index (χ1v) is 5.60. The van der Waals surface area contributed by atoms with Gasteiger partial charge in [-0.25, -0.2) is 0 Å². The van der Waals surface area contributed by atoms with Gasteiger partial charge in [0.1, 0.15) is 17.9 Å². The summed E-state index contributed by atoms with van der Waals surface area (Å²) >= 11 is 0. The maximum atomic E-state index is 10.8. The third kappa shape index (κ3) is 4.44. The Kier molecular flexibility index (Phi) is 4.52. The molecule has 0 unspecified atom stereocenters. The van der Waals surface area contributed by atoms with Gasteiger partial charge in [-0.05, 0) is 38.5 Å². The third-order valence-corrected chi connectivity index (χ3v) is 2.46. The van der Waals surface area contributed by atoms with Crippen LogP contribution in [0.3, 0.4) is 0 Å². The van der Waals surface area contributed by atoms with Gasteiger partial charge in [-0.2, -0.15) is 0 Å². The minimum Gasteiger partial charge on any atom is -0.492 e. The molecular weight excluding hydrogens is 218 g/mol. The molecule has 2 N–H and O–H groups in total. The first kappa shape index (κ1) is 13.5. The molecule has 17 heavy (non-hydrogen) atoms. The smallest absolute Gasteiger partial charge is 0.323 e. The number of nitrogens with one attached hydrogen (secondary N) is 1. The molecule has 0 radical (unpaired) electrons. The molecule has 0 atom stereocenters. The van der Waals surface area contributed by atoms with Crippen LogP contribution < -0.4 is 10.1 Å². The highest BCUT2D eigenvalue weighted by atomic mass is 16.5. The van der Waals surface area contributed by atoms with Crippen LogP contribution in [0.1, 0.15) is 19.4 Å². The van der Waals surface area contributed by atoms with E-state index in [2.05, 4.69) is 5.32 Å². The van der Waals surface area contributed by atoms with Gasteiger partial charge in [-0.15, -0.1) is 0 Å². The summed E-state index contributed by atoms with van der Waals surface area (Å²) in [5.41, 5.74) is 0.219. The number of hydrogen-bond donors (Lipinski definition) is 2. The molecule has 0 aliphatic heterocycles. The molecule has 0 fully saturated rings. The second-order valence-electron chi connectivity index (χ2n) is 4.52. The van der Waals surface area contributed by atoms with Crippen LogP contribution in [0.25, 0.3) is 0 Å². The largest absolute Gasteiger partial charge is 0.492 e. The average molecular weight is 237 g/mol. The van der Waals surface area contributed by atoms with Gasteiger partial charge < -0.3 is 9.84 Å². The number of carboxylic acid groups (broad SMARTS) is 1. The second-order valence-corrected chi connectivity index (χ2v) is 4.52. The normalized spacial score (nSPS) is 11.2. The Morgan fingerprint density at radius 1 is 1.47 bits per heavy atom. The first-order chi connectivity index (χ1) is 7.92. The Labute approximate surface area is 102 Å². The first-order valence-electron chi connectivity index (χ1n) is 5.60. The fraction of sp³-hybridized carbons (Fsp3) is 0.462. The minimum absolute atomic E-state index is 0.445. The number of carboxylic acids is 1. The summed E-state index contributed by atoms with van der Waals surface area (Å²) in [5, 5.41) is 11.8. The molecule has 0 bridgehead atoms. The molecule has 4 nitrogen and oxygen atoms in total. The zero-order chi connectivity index (χ0) is 12.9. The van der Waals surface area contributed by atoms with Crippen LogP contribution in [0.2, 0.25) is 0 Å². The molecule has 0 spiro atoms. The Hall–Kier alpha value is -1.55. The van der Waals surface area contributed by atoms with Crippen LogP contribution in [-0.2, 0) is 4.79 Å². The van der Waals surface area contributed by atoms with Crippen molar-refractivity contribution in [2.24, 2.45) is 0 Å². The van der Waals surface area contributed by atoms with E-state index >= 15 is 0 Å². The zero-order valence-corrected chi connectivity index (χ0v) is 10.5. The molecule has 1 aromatic carbocycles. The lowest BCUT2D eigenvalue weighted by atomic mass is 10.1. The summed E-state index contributed by atoms with van der Waals surface area (Å²) in [7, 11) is 0. The predicted molar refractivity (Wildman–Crippen MR) is 66.4 cm³/mol. The highest BCUT2D eigenvalue weighted by molar-refractivity contribution is 5.77. The van der Waals surface area contributed by atoms with Crippen LogP contribution >= 0.6 is 0 Å². The minimum atomic E-state index is -0.921. The Balaban J connectivity index is 2.32. The van der Waals surface area contributed by atoms with Gasteiger partial charge >= 0.3 is 5.97 Å². The van der Waals surface area contributed by atoms with Gasteiger partial charge in [-0.3, -0.25) is 10.1 Å². The van der Waals surface area contributed by atoms with Crippen molar-refractivity contribution in [2.75, 3.05) is 13.2 Å². The van der Waals surface area contributed by atoms with Crippen molar-refractivity contribution in [1.82, 2.24) is 5.32 Å². The van der Waals surface area contributed by atoms with E-state index in [0.717, 1.165) is 11.3 Å². The molecule has 0 saturated heterocycles. The number of carbonyl (C=O) groups is 1. The van der Waals surface area contributed by atoms with Gasteiger partial charge in [0.25, 0.3) is 0 Å². The fourth-order valence-electron chi connectivity index (χ4n) is 1.31. The lowest BCUT2D eigenvalue weighted by Gasteiger charge is -2.20. The summed E-state index contributed by atoms with van der Waals surface area (Å²) in [6, 6.07) is 7.76. The Bertz CT molecular complexity index is 388. The SMILES string of the molecule is Cc1cccc(OCCNC(C)(C)C(=O)O)c1. The van der Waals surface area contributed by atoms with Crippen LogP contribution in [0.4, 0.5) is 0 Å². The highest BCUT2D eigenvalue weighted by Crippen LogP contribution is 2.11. The van der Waals surface area contributed by atoms with Crippen LogP contribution in [0, 0.1) is 6.92 Å². The molecular formula is C13H19NO3. The third-order valence-electron chi connectivity index (χ3n) is 2.46. The molecule has 0 aliphatic rings. The van der Waals surface area contributed by atoms with Gasteiger partial charge in [0, 0.05) is 6.54 Å². The van der Waals surface area contributed by atoms with E-state index in [1.165, 1.54) is 0 Å². The topological polar surface area (TPSA) is 58.6 Å². The Morgan fingerprint density at radius 3 is 2.76 bits per heavy atom. The van der Waals surface area contributed by atoms with Crippen molar-refractivity contribution < 1.29 is 14.6 Å². The number of aryl methyl sites for hydroxylation is 1. The zero-order valence-electron chi connectivity index (χ0n) is 10.5. The lowest BCUT2D eigenvalue weighted by Crippen LogP contribution is -2.48. The van der Waals surface area contributed by atoms with Crippen molar-refractivity contribution >= 4 is 5.97 Å². The second kappa shape index (κ2) is 5.68. The maximum absolute atomic E-state index is 10.8. The van der Waals surface area contributed by atoms with Crippen molar-refractivity contribution in [2.45, 2.75) is 26.3 Å². The van der Waals surface area contributed by atoms with E-state index in [1.54, 1.807) is 13.8 Å². The predicted octanol–water partition coefficient (Wildman–Crippen LogP) is 1.83. The van der Waals surface area contributed by atoms with Crippen molar-refractivity contribution in [1.29, 1.82) is 0 Å². The molecule has 1 aromatic rings. The number of aliphatic carboxylic acids is 1. The van der Waals surface area contributed by atoms with Crippen LogP contribution in [0.15, 0.2) is 24.3 Å². The highest BCUT2D eigenvalue weighted by Gasteiger charge is 2.25. The molecule has 0 heterocycles. The van der Waals surface area contributed by atoms with Gasteiger partial charge in [0.15, 0.2) is 0 Å². The molecule has 1 rings (SSSR count). The van der Waals surface area contributed by atoms with E-state index in [1.807, 2.05) is 31.2 Å². The molecule has 0 aromatic heterocycles. The molecule has 0 aliphatic carbocycles. The van der Waals surface area contributed by atoms with E-state index in [0.29, 0.717) is 13.2 Å². The Morgan fingerprint density at radius 2 is 2.18 bits per heavy atom. The lowest BCUT2D eigenvalue weighted by molar-refractivity contribution is -0.143. The van der Waals surface area contributed by atoms with Gasteiger partial charge in [0.2, 0.25) is 0 Å². The average Bonchev–Trinajstić information content (AvgIpc) is 2.24. The van der Waals surface area contributed by atoms with Gasteiger partial charge in [-0.1, -0.05) is 12.1 Å².